The summed E-state index contributed by atoms with van der Waals surface area (Å²) in [4.78, 5) is 0. The molecular weight excluding hydrogens is 180 g/mol. The van der Waals surface area contributed by atoms with Crippen molar-refractivity contribution in [1.82, 2.24) is 15.0 Å². The number of nitrogens with zero attached hydrogens (tertiary/aromatic N) is 3. The zero-order chi connectivity index (χ0) is 10.4. The van der Waals surface area contributed by atoms with Crippen LogP contribution in [0.2, 0.25) is 0 Å². The van der Waals surface area contributed by atoms with Crippen molar-refractivity contribution in [2.45, 2.75) is 19.0 Å². The van der Waals surface area contributed by atoms with Crippen molar-refractivity contribution in [3.8, 4) is 0 Å². The predicted octanol–water partition coefficient (Wildman–Crippen LogP) is 0.500. The minimum atomic E-state index is -0.167. The number of ether oxygens (including phenoxy) is 1. The molecule has 0 aliphatic rings. The normalized spacial score (nSPS) is 12.7. The molecule has 1 rings (SSSR count). The highest BCUT2D eigenvalue weighted by Gasteiger charge is 2.11. The van der Waals surface area contributed by atoms with E-state index in [2.05, 4.69) is 16.9 Å². The van der Waals surface area contributed by atoms with Crippen LogP contribution in [0, 0.1) is 0 Å². The van der Waals surface area contributed by atoms with Crippen LogP contribution in [0.5, 0.6) is 0 Å². The molecular formula is C9H16N4O. The maximum absolute atomic E-state index is 5.87. The largest absolute Gasteiger partial charge is 0.383 e. The van der Waals surface area contributed by atoms with Gasteiger partial charge >= 0.3 is 0 Å². The Kier molecular flexibility index (Phi) is 4.28. The van der Waals surface area contributed by atoms with Crippen LogP contribution < -0.4 is 5.73 Å². The fourth-order valence-electron chi connectivity index (χ4n) is 1.21. The molecule has 0 spiro atoms. The van der Waals surface area contributed by atoms with Crippen LogP contribution in [-0.4, -0.2) is 28.7 Å². The average molecular weight is 196 g/mol. The monoisotopic (exact) mass is 196 g/mol. The highest BCUT2D eigenvalue weighted by atomic mass is 16.5. The summed E-state index contributed by atoms with van der Waals surface area (Å²) in [6.07, 6.45) is 4.37. The van der Waals surface area contributed by atoms with Crippen molar-refractivity contribution in [2.24, 2.45) is 5.73 Å². The van der Waals surface area contributed by atoms with Crippen LogP contribution >= 0.6 is 0 Å². The molecule has 0 saturated carbocycles. The maximum atomic E-state index is 5.87. The SMILES string of the molecule is C=CCCn1nncc1[C@H](N)COC. The molecule has 1 aromatic heterocycles. The molecule has 0 fully saturated rings. The van der Waals surface area contributed by atoms with Gasteiger partial charge in [0.25, 0.3) is 0 Å². The van der Waals surface area contributed by atoms with Gasteiger partial charge in [-0.25, -0.2) is 4.68 Å². The molecule has 2 N–H and O–H groups in total. The van der Waals surface area contributed by atoms with Gasteiger partial charge < -0.3 is 10.5 Å². The van der Waals surface area contributed by atoms with Gasteiger partial charge in [-0.1, -0.05) is 11.3 Å². The van der Waals surface area contributed by atoms with Gasteiger partial charge in [-0.15, -0.1) is 11.7 Å². The molecule has 0 bridgehead atoms. The molecule has 0 amide bonds. The predicted molar refractivity (Wildman–Crippen MR) is 53.6 cm³/mol. The lowest BCUT2D eigenvalue weighted by Crippen LogP contribution is -2.20. The van der Waals surface area contributed by atoms with Crippen molar-refractivity contribution in [3.05, 3.63) is 24.5 Å². The number of hydrogen-bond acceptors (Lipinski definition) is 4. The molecule has 1 aromatic rings. The first kappa shape index (κ1) is 10.9. The third-order valence-electron chi connectivity index (χ3n) is 1.92. The Balaban J connectivity index is 2.65. The summed E-state index contributed by atoms with van der Waals surface area (Å²) in [6, 6.07) is -0.167. The number of aryl methyl sites for hydroxylation is 1. The molecule has 5 heteroatoms. The topological polar surface area (TPSA) is 66.0 Å². The van der Waals surface area contributed by atoms with E-state index in [-0.39, 0.29) is 6.04 Å². The fourth-order valence-corrected chi connectivity index (χ4v) is 1.21. The summed E-state index contributed by atoms with van der Waals surface area (Å²) in [5.74, 6) is 0. The van der Waals surface area contributed by atoms with Crippen molar-refractivity contribution in [1.29, 1.82) is 0 Å². The smallest absolute Gasteiger partial charge is 0.0778 e. The van der Waals surface area contributed by atoms with Gasteiger partial charge in [-0.3, -0.25) is 0 Å². The second-order valence-electron chi connectivity index (χ2n) is 3.02. The average Bonchev–Trinajstić information content (AvgIpc) is 2.63. The van der Waals surface area contributed by atoms with Gasteiger partial charge in [-0.2, -0.15) is 0 Å². The zero-order valence-electron chi connectivity index (χ0n) is 8.39. The number of rotatable bonds is 6. The van der Waals surface area contributed by atoms with E-state index in [1.54, 1.807) is 18.0 Å². The second-order valence-corrected chi connectivity index (χ2v) is 3.02. The third kappa shape index (κ3) is 2.65. The number of nitrogens with two attached hydrogens (primary N) is 1. The standard InChI is InChI=1S/C9H16N4O/c1-3-4-5-13-9(6-11-12-13)8(10)7-14-2/h3,6,8H,1,4-5,7,10H2,2H3/t8-/m1/s1. The van der Waals surface area contributed by atoms with E-state index in [4.69, 9.17) is 10.5 Å². The van der Waals surface area contributed by atoms with Crippen LogP contribution in [0.15, 0.2) is 18.9 Å². The van der Waals surface area contributed by atoms with Crippen LogP contribution in [-0.2, 0) is 11.3 Å². The van der Waals surface area contributed by atoms with Gasteiger partial charge in [0.15, 0.2) is 0 Å². The van der Waals surface area contributed by atoms with Gasteiger partial charge in [0.05, 0.1) is 24.5 Å². The highest BCUT2D eigenvalue weighted by molar-refractivity contribution is 5.01. The lowest BCUT2D eigenvalue weighted by molar-refractivity contribution is 0.177. The molecule has 1 heterocycles. The number of aromatic nitrogens is 3. The van der Waals surface area contributed by atoms with E-state index in [9.17, 15) is 0 Å². The summed E-state index contributed by atoms with van der Waals surface area (Å²) in [5, 5.41) is 7.76. The van der Waals surface area contributed by atoms with Crippen LogP contribution in [0.25, 0.3) is 0 Å². The summed E-state index contributed by atoms with van der Waals surface area (Å²) in [7, 11) is 1.62. The summed E-state index contributed by atoms with van der Waals surface area (Å²) in [6.45, 7) is 4.89. The zero-order valence-corrected chi connectivity index (χ0v) is 8.39. The van der Waals surface area contributed by atoms with Crippen LogP contribution in [0.3, 0.4) is 0 Å². The summed E-state index contributed by atoms with van der Waals surface area (Å²) >= 11 is 0. The number of methoxy groups -OCH3 is 1. The van der Waals surface area contributed by atoms with Gasteiger partial charge in [0.2, 0.25) is 0 Å². The van der Waals surface area contributed by atoms with Gasteiger partial charge in [0.1, 0.15) is 0 Å². The lowest BCUT2D eigenvalue weighted by Gasteiger charge is -2.11. The van der Waals surface area contributed by atoms with Crippen molar-refractivity contribution in [3.63, 3.8) is 0 Å². The molecule has 0 aromatic carbocycles. The molecule has 0 saturated heterocycles. The maximum Gasteiger partial charge on any atom is 0.0778 e. The van der Waals surface area contributed by atoms with E-state index in [0.717, 1.165) is 18.7 Å². The number of allylic oxidation sites excluding steroid dienone is 1. The molecule has 0 radical (unpaired) electrons. The first-order valence-electron chi connectivity index (χ1n) is 4.53. The summed E-state index contributed by atoms with van der Waals surface area (Å²) in [5.41, 5.74) is 6.77. The molecule has 14 heavy (non-hydrogen) atoms. The fraction of sp³-hybridized carbons (Fsp3) is 0.556. The van der Waals surface area contributed by atoms with E-state index in [1.807, 2.05) is 6.08 Å². The van der Waals surface area contributed by atoms with Crippen molar-refractivity contribution >= 4 is 0 Å². The van der Waals surface area contributed by atoms with Gasteiger partial charge in [-0.05, 0) is 6.42 Å². The van der Waals surface area contributed by atoms with Crippen LogP contribution in [0.1, 0.15) is 18.2 Å². The van der Waals surface area contributed by atoms with E-state index in [1.165, 1.54) is 0 Å². The Morgan fingerprint density at radius 1 is 1.79 bits per heavy atom. The molecule has 0 aliphatic heterocycles. The van der Waals surface area contributed by atoms with E-state index >= 15 is 0 Å². The van der Waals surface area contributed by atoms with E-state index < -0.39 is 0 Å². The first-order chi connectivity index (χ1) is 6.79. The Morgan fingerprint density at radius 3 is 3.21 bits per heavy atom. The third-order valence-corrected chi connectivity index (χ3v) is 1.92. The van der Waals surface area contributed by atoms with Crippen LogP contribution in [0.4, 0.5) is 0 Å². The Bertz CT molecular complexity index is 284. The van der Waals surface area contributed by atoms with Crippen molar-refractivity contribution in [2.75, 3.05) is 13.7 Å². The lowest BCUT2D eigenvalue weighted by atomic mass is 10.2. The summed E-state index contributed by atoms with van der Waals surface area (Å²) < 4.78 is 6.76. The number of hydrogen-bond donors (Lipinski definition) is 1. The Hall–Kier alpha value is -1.20. The van der Waals surface area contributed by atoms with E-state index in [0.29, 0.717) is 6.61 Å². The minimum Gasteiger partial charge on any atom is -0.383 e. The molecule has 0 aliphatic carbocycles. The first-order valence-corrected chi connectivity index (χ1v) is 4.53. The molecule has 5 nitrogen and oxygen atoms in total. The second kappa shape index (κ2) is 5.51. The molecule has 1 atom stereocenters. The Labute approximate surface area is 83.5 Å². The molecule has 0 unspecified atom stereocenters. The van der Waals surface area contributed by atoms with Crippen molar-refractivity contribution < 1.29 is 4.74 Å². The minimum absolute atomic E-state index is 0.167. The quantitative estimate of drug-likeness (QED) is 0.673. The highest BCUT2D eigenvalue weighted by Crippen LogP contribution is 2.08. The Morgan fingerprint density at radius 2 is 2.57 bits per heavy atom. The molecule has 78 valence electrons. The van der Waals surface area contributed by atoms with Gasteiger partial charge in [0, 0.05) is 13.7 Å².